The number of carbonyl (C=O) groups excluding carboxylic acids is 2. The van der Waals surface area contributed by atoms with Gasteiger partial charge in [0.15, 0.2) is 0 Å². The van der Waals surface area contributed by atoms with Crippen molar-refractivity contribution in [3.8, 4) is 5.88 Å². The van der Waals surface area contributed by atoms with Crippen molar-refractivity contribution in [1.82, 2.24) is 10.3 Å². The number of amides is 1. The number of aromatic nitrogens is 1. The van der Waals surface area contributed by atoms with Crippen molar-refractivity contribution in [2.24, 2.45) is 5.92 Å². The Balaban J connectivity index is 2.08. The Bertz CT molecular complexity index is 528. The lowest BCUT2D eigenvalue weighted by molar-refractivity contribution is -0.145. The van der Waals surface area contributed by atoms with Gasteiger partial charge in [0.25, 0.3) is 0 Å². The number of nitrogens with zero attached hydrogens (tertiary/aromatic N) is 1. The minimum atomic E-state index is -0.781. The molecule has 0 spiro atoms. The summed E-state index contributed by atoms with van der Waals surface area (Å²) >= 11 is 0. The van der Waals surface area contributed by atoms with E-state index >= 15 is 0 Å². The standard InChI is InChI=1S/C15H20N2O5/c1-20-14-10(4-3-6-16-14)8-12(15(19)21-2)17-13(18)11-5-7-22-9-11/h3-4,6,11-12H,5,7-9H2,1-2H3,(H,17,18)/t11-,12-/m0/s1. The smallest absolute Gasteiger partial charge is 0.328 e. The van der Waals surface area contributed by atoms with E-state index in [1.54, 1.807) is 18.3 Å². The van der Waals surface area contributed by atoms with Crippen molar-refractivity contribution in [2.75, 3.05) is 27.4 Å². The molecule has 0 radical (unpaired) electrons. The van der Waals surface area contributed by atoms with Crippen LogP contribution in [-0.2, 0) is 25.5 Å². The van der Waals surface area contributed by atoms with Crippen molar-refractivity contribution in [1.29, 1.82) is 0 Å². The van der Waals surface area contributed by atoms with Gasteiger partial charge in [0.05, 0.1) is 26.7 Å². The van der Waals surface area contributed by atoms with Crippen LogP contribution in [0.5, 0.6) is 5.88 Å². The summed E-state index contributed by atoms with van der Waals surface area (Å²) in [5.41, 5.74) is 0.725. The van der Waals surface area contributed by atoms with Crippen LogP contribution in [0.25, 0.3) is 0 Å². The van der Waals surface area contributed by atoms with Crippen LogP contribution in [0, 0.1) is 5.92 Å². The summed E-state index contributed by atoms with van der Waals surface area (Å²) in [6, 6.07) is 2.77. The zero-order valence-corrected chi connectivity index (χ0v) is 12.7. The Labute approximate surface area is 129 Å². The lowest BCUT2D eigenvalue weighted by atomic mass is 10.0. The number of ether oxygens (including phenoxy) is 3. The molecule has 0 aromatic carbocycles. The Morgan fingerprint density at radius 3 is 2.95 bits per heavy atom. The Kier molecular flexibility index (Phi) is 5.71. The number of pyridine rings is 1. The maximum Gasteiger partial charge on any atom is 0.328 e. The van der Waals surface area contributed by atoms with Gasteiger partial charge in [-0.2, -0.15) is 0 Å². The van der Waals surface area contributed by atoms with Crippen LogP contribution in [0.3, 0.4) is 0 Å². The van der Waals surface area contributed by atoms with E-state index < -0.39 is 12.0 Å². The predicted octanol–water partition coefficient (Wildman–Crippen LogP) is 0.327. The first-order valence-electron chi connectivity index (χ1n) is 7.09. The highest BCUT2D eigenvalue weighted by Crippen LogP contribution is 2.17. The van der Waals surface area contributed by atoms with Crippen LogP contribution in [0.15, 0.2) is 18.3 Å². The molecule has 0 saturated carbocycles. The third-order valence-corrected chi connectivity index (χ3v) is 3.57. The summed E-state index contributed by atoms with van der Waals surface area (Å²) in [6.07, 6.45) is 2.52. The maximum absolute atomic E-state index is 12.2. The molecule has 0 bridgehead atoms. The average Bonchev–Trinajstić information content (AvgIpc) is 3.08. The molecular formula is C15H20N2O5. The highest BCUT2D eigenvalue weighted by molar-refractivity contribution is 5.86. The summed E-state index contributed by atoms with van der Waals surface area (Å²) in [5, 5.41) is 2.73. The van der Waals surface area contributed by atoms with Gasteiger partial charge < -0.3 is 19.5 Å². The van der Waals surface area contributed by atoms with E-state index in [1.807, 2.05) is 0 Å². The van der Waals surface area contributed by atoms with Crippen LogP contribution in [0.2, 0.25) is 0 Å². The van der Waals surface area contributed by atoms with E-state index in [0.29, 0.717) is 25.5 Å². The maximum atomic E-state index is 12.2. The first kappa shape index (κ1) is 16.2. The number of carbonyl (C=O) groups is 2. The molecule has 2 rings (SSSR count). The van der Waals surface area contributed by atoms with Crippen LogP contribution in [0.4, 0.5) is 0 Å². The molecule has 0 unspecified atom stereocenters. The van der Waals surface area contributed by atoms with Gasteiger partial charge in [-0.15, -0.1) is 0 Å². The van der Waals surface area contributed by atoms with Crippen LogP contribution in [-0.4, -0.2) is 50.3 Å². The van der Waals surface area contributed by atoms with E-state index in [0.717, 1.165) is 5.56 Å². The van der Waals surface area contributed by atoms with Gasteiger partial charge in [-0.05, 0) is 12.5 Å². The third-order valence-electron chi connectivity index (χ3n) is 3.57. The average molecular weight is 308 g/mol. The molecule has 2 heterocycles. The number of esters is 1. The monoisotopic (exact) mass is 308 g/mol. The minimum absolute atomic E-state index is 0.198. The van der Waals surface area contributed by atoms with Gasteiger partial charge in [0.2, 0.25) is 11.8 Å². The van der Waals surface area contributed by atoms with Gasteiger partial charge in [0.1, 0.15) is 6.04 Å². The molecule has 1 fully saturated rings. The molecular weight excluding hydrogens is 288 g/mol. The topological polar surface area (TPSA) is 86.8 Å². The summed E-state index contributed by atoms with van der Waals surface area (Å²) < 4.78 is 15.1. The SMILES string of the molecule is COC(=O)[C@H](Cc1cccnc1OC)NC(=O)[C@H]1CCOC1. The van der Waals surface area contributed by atoms with E-state index in [2.05, 4.69) is 10.3 Å². The molecule has 1 aromatic heterocycles. The fourth-order valence-corrected chi connectivity index (χ4v) is 2.35. The van der Waals surface area contributed by atoms with E-state index in [4.69, 9.17) is 14.2 Å². The Morgan fingerprint density at radius 1 is 1.50 bits per heavy atom. The highest BCUT2D eigenvalue weighted by Gasteiger charge is 2.29. The molecule has 1 amide bonds. The fourth-order valence-electron chi connectivity index (χ4n) is 2.35. The van der Waals surface area contributed by atoms with Crippen molar-refractivity contribution in [3.63, 3.8) is 0 Å². The van der Waals surface area contributed by atoms with E-state index in [-0.39, 0.29) is 18.2 Å². The van der Waals surface area contributed by atoms with Crippen LogP contribution < -0.4 is 10.1 Å². The minimum Gasteiger partial charge on any atom is -0.481 e. The van der Waals surface area contributed by atoms with Gasteiger partial charge in [-0.25, -0.2) is 9.78 Å². The Morgan fingerprint density at radius 2 is 2.32 bits per heavy atom. The zero-order chi connectivity index (χ0) is 15.9. The van der Waals surface area contributed by atoms with Gasteiger partial charge in [-0.1, -0.05) is 6.07 Å². The van der Waals surface area contributed by atoms with E-state index in [9.17, 15) is 9.59 Å². The second kappa shape index (κ2) is 7.74. The first-order chi connectivity index (χ1) is 10.7. The molecule has 1 saturated heterocycles. The number of methoxy groups -OCH3 is 2. The molecule has 2 atom stereocenters. The molecule has 0 aliphatic carbocycles. The highest BCUT2D eigenvalue weighted by atomic mass is 16.5. The lowest BCUT2D eigenvalue weighted by Gasteiger charge is -2.19. The molecule has 7 nitrogen and oxygen atoms in total. The predicted molar refractivity (Wildman–Crippen MR) is 77.4 cm³/mol. The number of hydrogen-bond acceptors (Lipinski definition) is 6. The summed E-state index contributed by atoms with van der Waals surface area (Å²) in [4.78, 5) is 28.2. The number of nitrogens with one attached hydrogen (secondary N) is 1. The van der Waals surface area contributed by atoms with Crippen molar-refractivity contribution < 1.29 is 23.8 Å². The quantitative estimate of drug-likeness (QED) is 0.762. The van der Waals surface area contributed by atoms with Crippen molar-refractivity contribution in [2.45, 2.75) is 18.9 Å². The zero-order valence-electron chi connectivity index (χ0n) is 12.7. The van der Waals surface area contributed by atoms with Gasteiger partial charge >= 0.3 is 5.97 Å². The largest absolute Gasteiger partial charge is 0.481 e. The first-order valence-corrected chi connectivity index (χ1v) is 7.09. The lowest BCUT2D eigenvalue weighted by Crippen LogP contribution is -2.45. The fraction of sp³-hybridized carbons (Fsp3) is 0.533. The van der Waals surface area contributed by atoms with E-state index in [1.165, 1.54) is 14.2 Å². The second-order valence-electron chi connectivity index (χ2n) is 5.02. The van der Waals surface area contributed by atoms with Crippen molar-refractivity contribution >= 4 is 11.9 Å². The van der Waals surface area contributed by atoms with Gasteiger partial charge in [-0.3, -0.25) is 4.79 Å². The number of rotatable bonds is 6. The molecule has 1 N–H and O–H groups in total. The molecule has 1 aliphatic rings. The summed E-state index contributed by atoms with van der Waals surface area (Å²) in [6.45, 7) is 0.952. The Hall–Kier alpha value is -2.15. The summed E-state index contributed by atoms with van der Waals surface area (Å²) in [5.74, 6) is -0.494. The van der Waals surface area contributed by atoms with Crippen molar-refractivity contribution in [3.05, 3.63) is 23.9 Å². The van der Waals surface area contributed by atoms with Crippen LogP contribution >= 0.6 is 0 Å². The molecule has 120 valence electrons. The van der Waals surface area contributed by atoms with Crippen LogP contribution in [0.1, 0.15) is 12.0 Å². The molecule has 7 heteroatoms. The second-order valence-corrected chi connectivity index (χ2v) is 5.02. The number of hydrogen-bond donors (Lipinski definition) is 1. The molecule has 22 heavy (non-hydrogen) atoms. The molecule has 1 aromatic rings. The third kappa shape index (κ3) is 3.94. The molecule has 1 aliphatic heterocycles. The normalized spacial score (nSPS) is 18.5. The summed E-state index contributed by atoms with van der Waals surface area (Å²) in [7, 11) is 2.80. The van der Waals surface area contributed by atoms with Gasteiger partial charge in [0, 0.05) is 24.8 Å².